The predicted octanol–water partition coefficient (Wildman–Crippen LogP) is 3.84. The van der Waals surface area contributed by atoms with Gasteiger partial charge in [0.15, 0.2) is 0 Å². The second-order valence-electron chi connectivity index (χ2n) is 6.13. The van der Waals surface area contributed by atoms with Crippen LogP contribution in [0.3, 0.4) is 0 Å². The molecule has 1 fully saturated rings. The van der Waals surface area contributed by atoms with Gasteiger partial charge in [0.05, 0.1) is 18.8 Å². The van der Waals surface area contributed by atoms with Gasteiger partial charge < -0.3 is 14.4 Å². The van der Waals surface area contributed by atoms with Crippen molar-refractivity contribution in [2.45, 2.75) is 51.9 Å². The van der Waals surface area contributed by atoms with Crippen LogP contribution in [-0.2, 0) is 9.47 Å². The summed E-state index contributed by atoms with van der Waals surface area (Å²) in [7, 11) is 0. The highest BCUT2D eigenvalue weighted by Gasteiger charge is 2.31. The Hall–Kier alpha value is -1.07. The highest BCUT2D eigenvalue weighted by atomic mass is 32.1. The minimum atomic E-state index is -0.444. The molecule has 2 atom stereocenters. The number of rotatable bonds is 3. The summed E-state index contributed by atoms with van der Waals surface area (Å²) in [6.07, 6.45) is 0.806. The van der Waals surface area contributed by atoms with Crippen molar-refractivity contribution < 1.29 is 14.3 Å². The van der Waals surface area contributed by atoms with Crippen molar-refractivity contribution in [2.24, 2.45) is 0 Å². The largest absolute Gasteiger partial charge is 0.444 e. The van der Waals surface area contributed by atoms with Crippen molar-refractivity contribution in [3.05, 3.63) is 22.4 Å². The van der Waals surface area contributed by atoms with E-state index in [0.717, 1.165) is 6.42 Å². The summed E-state index contributed by atoms with van der Waals surface area (Å²) in [5.74, 6) is 0. The molecule has 1 amide bonds. The Kier molecular flexibility index (Phi) is 4.70. The first-order valence-electron chi connectivity index (χ1n) is 7.02. The zero-order valence-electron chi connectivity index (χ0n) is 12.6. The maximum Gasteiger partial charge on any atom is 0.410 e. The van der Waals surface area contributed by atoms with Gasteiger partial charge in [-0.15, -0.1) is 11.3 Å². The minimum Gasteiger partial charge on any atom is -0.444 e. The van der Waals surface area contributed by atoms with Crippen LogP contribution in [0.1, 0.15) is 45.1 Å². The number of carbonyl (C=O) groups is 1. The van der Waals surface area contributed by atoms with E-state index < -0.39 is 5.60 Å². The standard InChI is InChI=1S/C15H23NO3S/c1-11(13-6-5-9-20-13)18-12-7-8-16(10-12)14(17)19-15(2,3)4/h5-6,9,11-12H,7-8,10H2,1-4H3/t11?,12-/m1/s1. The number of carbonyl (C=O) groups excluding carboxylic acids is 1. The maximum absolute atomic E-state index is 12.0. The summed E-state index contributed by atoms with van der Waals surface area (Å²) >= 11 is 1.70. The monoisotopic (exact) mass is 297 g/mol. The molecule has 0 spiro atoms. The number of likely N-dealkylation sites (tertiary alicyclic amines) is 1. The summed E-state index contributed by atoms with van der Waals surface area (Å²) in [4.78, 5) is 14.9. The molecule has 0 aromatic carbocycles. The van der Waals surface area contributed by atoms with E-state index in [1.807, 2.05) is 26.8 Å². The number of amides is 1. The zero-order valence-corrected chi connectivity index (χ0v) is 13.4. The number of nitrogens with zero attached hydrogens (tertiary/aromatic N) is 1. The Morgan fingerprint density at radius 2 is 2.25 bits per heavy atom. The summed E-state index contributed by atoms with van der Waals surface area (Å²) < 4.78 is 11.4. The first-order valence-corrected chi connectivity index (χ1v) is 7.90. The normalized spacial score (nSPS) is 21.0. The molecule has 112 valence electrons. The molecule has 1 aliphatic heterocycles. The van der Waals surface area contributed by atoms with Crippen molar-refractivity contribution in [2.75, 3.05) is 13.1 Å². The van der Waals surface area contributed by atoms with E-state index in [2.05, 4.69) is 18.4 Å². The van der Waals surface area contributed by atoms with E-state index >= 15 is 0 Å². The summed E-state index contributed by atoms with van der Waals surface area (Å²) in [6.45, 7) is 9.03. The fourth-order valence-corrected chi connectivity index (χ4v) is 2.93. The molecule has 20 heavy (non-hydrogen) atoms. The SMILES string of the molecule is CC(O[C@@H]1CCN(C(=O)OC(C)(C)C)C1)c1cccs1. The zero-order chi connectivity index (χ0) is 14.8. The van der Waals surface area contributed by atoms with Crippen molar-refractivity contribution in [3.8, 4) is 0 Å². The van der Waals surface area contributed by atoms with Gasteiger partial charge in [-0.25, -0.2) is 4.79 Å². The molecule has 5 heteroatoms. The van der Waals surface area contributed by atoms with Gasteiger partial charge in [-0.05, 0) is 45.6 Å². The van der Waals surface area contributed by atoms with E-state index in [0.29, 0.717) is 13.1 Å². The minimum absolute atomic E-state index is 0.0820. The van der Waals surface area contributed by atoms with Gasteiger partial charge in [-0.1, -0.05) is 6.07 Å². The third-order valence-corrected chi connectivity index (χ3v) is 4.17. The predicted molar refractivity (Wildman–Crippen MR) is 80.0 cm³/mol. The summed E-state index contributed by atoms with van der Waals surface area (Å²) in [5.41, 5.74) is -0.444. The van der Waals surface area contributed by atoms with Gasteiger partial charge in [0.2, 0.25) is 0 Å². The Morgan fingerprint density at radius 3 is 2.85 bits per heavy atom. The second kappa shape index (κ2) is 6.14. The second-order valence-corrected chi connectivity index (χ2v) is 7.11. The van der Waals surface area contributed by atoms with Crippen molar-refractivity contribution in [3.63, 3.8) is 0 Å². The van der Waals surface area contributed by atoms with Gasteiger partial charge in [0.25, 0.3) is 0 Å². The van der Waals surface area contributed by atoms with Crippen LogP contribution in [0.25, 0.3) is 0 Å². The average Bonchev–Trinajstić information content (AvgIpc) is 2.97. The molecule has 0 N–H and O–H groups in total. The lowest BCUT2D eigenvalue weighted by molar-refractivity contribution is -0.00253. The maximum atomic E-state index is 12.0. The molecule has 1 aromatic heterocycles. The van der Waals surface area contributed by atoms with E-state index in [-0.39, 0.29) is 18.3 Å². The summed E-state index contributed by atoms with van der Waals surface area (Å²) in [5, 5.41) is 2.05. The fraction of sp³-hybridized carbons (Fsp3) is 0.667. The van der Waals surface area contributed by atoms with E-state index in [1.54, 1.807) is 16.2 Å². The van der Waals surface area contributed by atoms with Crippen LogP contribution in [-0.4, -0.2) is 35.8 Å². The first-order chi connectivity index (χ1) is 9.35. The highest BCUT2D eigenvalue weighted by Crippen LogP contribution is 2.26. The van der Waals surface area contributed by atoms with Gasteiger partial charge >= 0.3 is 6.09 Å². The smallest absolute Gasteiger partial charge is 0.410 e. The molecule has 0 aliphatic carbocycles. The Labute approximate surface area is 124 Å². The van der Waals surface area contributed by atoms with Crippen LogP contribution in [0.4, 0.5) is 4.79 Å². The third kappa shape index (κ3) is 4.21. The third-order valence-electron chi connectivity index (χ3n) is 3.14. The van der Waals surface area contributed by atoms with Crippen LogP contribution >= 0.6 is 11.3 Å². The van der Waals surface area contributed by atoms with Gasteiger partial charge in [0, 0.05) is 11.4 Å². The molecule has 1 aromatic rings. The Bertz CT molecular complexity index is 438. The molecule has 2 rings (SSSR count). The molecule has 0 radical (unpaired) electrons. The lowest BCUT2D eigenvalue weighted by Gasteiger charge is -2.24. The molecule has 1 unspecified atom stereocenters. The Balaban J connectivity index is 1.82. The Morgan fingerprint density at radius 1 is 1.50 bits per heavy atom. The van der Waals surface area contributed by atoms with Crippen LogP contribution in [0, 0.1) is 0 Å². The number of thiophene rings is 1. The lowest BCUT2D eigenvalue weighted by atomic mass is 10.2. The van der Waals surface area contributed by atoms with E-state index in [1.165, 1.54) is 4.88 Å². The van der Waals surface area contributed by atoms with Crippen LogP contribution < -0.4 is 0 Å². The van der Waals surface area contributed by atoms with Gasteiger partial charge in [0.1, 0.15) is 5.60 Å². The first kappa shape index (κ1) is 15.3. The quantitative estimate of drug-likeness (QED) is 0.851. The van der Waals surface area contributed by atoms with E-state index in [4.69, 9.17) is 9.47 Å². The lowest BCUT2D eigenvalue weighted by Crippen LogP contribution is -2.36. The molecule has 0 bridgehead atoms. The average molecular weight is 297 g/mol. The van der Waals surface area contributed by atoms with Crippen molar-refractivity contribution in [1.29, 1.82) is 0 Å². The fourth-order valence-electron chi connectivity index (χ4n) is 2.21. The van der Waals surface area contributed by atoms with Gasteiger partial charge in [-0.2, -0.15) is 0 Å². The molecule has 1 saturated heterocycles. The summed E-state index contributed by atoms with van der Waals surface area (Å²) in [6, 6.07) is 4.11. The van der Waals surface area contributed by atoms with Gasteiger partial charge in [-0.3, -0.25) is 0 Å². The molecular weight excluding hydrogens is 274 g/mol. The van der Waals surface area contributed by atoms with Crippen LogP contribution in [0.5, 0.6) is 0 Å². The number of hydrogen-bond donors (Lipinski definition) is 0. The molecule has 2 heterocycles. The topological polar surface area (TPSA) is 38.8 Å². The molecule has 1 aliphatic rings. The molecule has 4 nitrogen and oxygen atoms in total. The van der Waals surface area contributed by atoms with Crippen molar-refractivity contribution in [1.82, 2.24) is 4.90 Å². The molecular formula is C15H23NO3S. The van der Waals surface area contributed by atoms with Crippen molar-refractivity contribution >= 4 is 17.4 Å². The van der Waals surface area contributed by atoms with Crippen LogP contribution in [0.2, 0.25) is 0 Å². The molecule has 0 saturated carbocycles. The van der Waals surface area contributed by atoms with E-state index in [9.17, 15) is 4.79 Å². The van der Waals surface area contributed by atoms with Crippen LogP contribution in [0.15, 0.2) is 17.5 Å². The number of ether oxygens (including phenoxy) is 2. The highest BCUT2D eigenvalue weighted by molar-refractivity contribution is 7.10. The number of hydrogen-bond acceptors (Lipinski definition) is 4.